The van der Waals surface area contributed by atoms with Gasteiger partial charge in [-0.2, -0.15) is 0 Å². The summed E-state index contributed by atoms with van der Waals surface area (Å²) in [4.78, 5) is 5.05. The second-order valence-electron chi connectivity index (χ2n) is 16.1. The van der Waals surface area contributed by atoms with E-state index < -0.39 is 0 Å². The van der Waals surface area contributed by atoms with E-state index in [0.717, 1.165) is 17.1 Å². The van der Waals surface area contributed by atoms with Crippen molar-refractivity contribution in [3.8, 4) is 16.8 Å². The van der Waals surface area contributed by atoms with Crippen molar-refractivity contribution >= 4 is 101 Å². The van der Waals surface area contributed by atoms with Gasteiger partial charge in [0.05, 0.1) is 11.0 Å². The van der Waals surface area contributed by atoms with E-state index in [1.165, 1.54) is 93.6 Å². The van der Waals surface area contributed by atoms with Gasteiger partial charge in [-0.05, 0) is 122 Å². The van der Waals surface area contributed by atoms with Crippen molar-refractivity contribution in [2.45, 2.75) is 0 Å². The van der Waals surface area contributed by atoms with Gasteiger partial charge in [0.25, 0.3) is 6.71 Å². The van der Waals surface area contributed by atoms with Gasteiger partial charge < -0.3 is 14.4 Å². The topological polar surface area (TPSA) is 11.4 Å². The van der Waals surface area contributed by atoms with E-state index in [-0.39, 0.29) is 6.71 Å². The third-order valence-corrected chi connectivity index (χ3v) is 12.9. The number of para-hydroxylation sites is 4. The zero-order chi connectivity index (χ0) is 39.3. The fourth-order valence-electron chi connectivity index (χ4n) is 10.3. The van der Waals surface area contributed by atoms with E-state index in [0.29, 0.717) is 0 Å². The predicted octanol–water partition coefficient (Wildman–Crippen LogP) is 12.8. The van der Waals surface area contributed by atoms with E-state index in [9.17, 15) is 0 Å². The second-order valence-corrected chi connectivity index (χ2v) is 16.1. The van der Waals surface area contributed by atoms with Crippen LogP contribution in [0.3, 0.4) is 0 Å². The van der Waals surface area contributed by atoms with Crippen LogP contribution in [0.4, 0.5) is 34.1 Å². The van der Waals surface area contributed by atoms with Crippen LogP contribution in [0.25, 0.3) is 60.2 Å². The first-order valence-corrected chi connectivity index (χ1v) is 20.8. The molecule has 0 spiro atoms. The predicted molar refractivity (Wildman–Crippen MR) is 255 cm³/mol. The minimum absolute atomic E-state index is 0.00581. The Morgan fingerprint density at radius 3 is 1.30 bits per heavy atom. The standard InChI is InChI=1S/C56H36BN3/c1-4-20-43(21-5-1)58-50-27-15-14-26-46(50)47-29-28-41(32-51(47)58)42-35-54-56-55(36-42)60(45-24-8-3-9-25-45)53-34-40-19-13-11-17-38(40)31-49(53)57(56)48-30-37-16-10-12-18-39(37)33-52(48)59(54)44-22-6-2-7-23-44/h1-36H. The van der Waals surface area contributed by atoms with E-state index in [1.54, 1.807) is 0 Å². The Hall–Kier alpha value is -7.82. The lowest BCUT2D eigenvalue weighted by atomic mass is 9.33. The number of rotatable bonds is 4. The van der Waals surface area contributed by atoms with Crippen LogP contribution < -0.4 is 26.2 Å². The first-order valence-electron chi connectivity index (χ1n) is 20.8. The average Bonchev–Trinajstić information content (AvgIpc) is 3.64. The minimum atomic E-state index is 0.00581. The molecule has 0 N–H and O–H groups in total. The third-order valence-electron chi connectivity index (χ3n) is 12.9. The molecule has 4 heteroatoms. The summed E-state index contributed by atoms with van der Waals surface area (Å²) in [6.45, 7) is 0.00581. The molecule has 13 rings (SSSR count). The molecule has 3 heterocycles. The summed E-state index contributed by atoms with van der Waals surface area (Å²) in [5, 5.41) is 7.47. The lowest BCUT2D eigenvalue weighted by Crippen LogP contribution is -2.61. The summed E-state index contributed by atoms with van der Waals surface area (Å²) in [6, 6.07) is 80.8. The number of aromatic nitrogens is 1. The number of hydrogen-bond donors (Lipinski definition) is 0. The van der Waals surface area contributed by atoms with Gasteiger partial charge in [0, 0.05) is 50.6 Å². The maximum Gasteiger partial charge on any atom is 0.252 e. The Morgan fingerprint density at radius 1 is 0.300 bits per heavy atom. The highest BCUT2D eigenvalue weighted by Crippen LogP contribution is 2.47. The smallest absolute Gasteiger partial charge is 0.252 e. The van der Waals surface area contributed by atoms with Crippen molar-refractivity contribution in [3.05, 3.63) is 218 Å². The van der Waals surface area contributed by atoms with Gasteiger partial charge in [0.1, 0.15) is 0 Å². The molecule has 0 fully saturated rings. The first-order chi connectivity index (χ1) is 29.8. The second kappa shape index (κ2) is 12.8. The van der Waals surface area contributed by atoms with Crippen molar-refractivity contribution in [1.29, 1.82) is 0 Å². The van der Waals surface area contributed by atoms with Crippen molar-refractivity contribution in [3.63, 3.8) is 0 Å². The molecule has 0 radical (unpaired) electrons. The van der Waals surface area contributed by atoms with Crippen LogP contribution in [-0.4, -0.2) is 11.3 Å². The molecule has 0 saturated heterocycles. The molecule has 2 aliphatic heterocycles. The molecule has 60 heavy (non-hydrogen) atoms. The highest BCUT2D eigenvalue weighted by atomic mass is 15.2. The maximum absolute atomic E-state index is 2.52. The number of fused-ring (bicyclic) bond motifs is 9. The SMILES string of the molecule is c1ccc(N2c3cc4ccccc4cc3B3c4cc5ccccc5cc4N(c4ccccc4)c4cc(-c5ccc6c7ccccc7n(-c7ccccc7)c6c5)cc2c43)cc1. The fourth-order valence-corrected chi connectivity index (χ4v) is 10.3. The zero-order valence-electron chi connectivity index (χ0n) is 32.7. The fraction of sp³-hybridized carbons (Fsp3) is 0. The number of nitrogens with zero attached hydrogens (tertiary/aromatic N) is 3. The third kappa shape index (κ3) is 4.85. The summed E-state index contributed by atoms with van der Waals surface area (Å²) < 4.78 is 2.42. The van der Waals surface area contributed by atoms with E-state index in [2.05, 4.69) is 233 Å². The molecule has 0 atom stereocenters. The van der Waals surface area contributed by atoms with Crippen LogP contribution in [0.1, 0.15) is 0 Å². The van der Waals surface area contributed by atoms with Crippen LogP contribution in [0, 0.1) is 0 Å². The van der Waals surface area contributed by atoms with Crippen LogP contribution in [-0.2, 0) is 0 Å². The number of benzene rings is 10. The van der Waals surface area contributed by atoms with E-state index in [4.69, 9.17) is 0 Å². The summed E-state index contributed by atoms with van der Waals surface area (Å²) in [5.74, 6) is 0. The maximum atomic E-state index is 2.52. The van der Waals surface area contributed by atoms with Crippen molar-refractivity contribution < 1.29 is 0 Å². The summed E-state index contributed by atoms with van der Waals surface area (Å²) >= 11 is 0. The molecule has 0 bridgehead atoms. The Kier molecular flexibility index (Phi) is 7.10. The highest BCUT2D eigenvalue weighted by Gasteiger charge is 2.44. The molecule has 0 amide bonds. The summed E-state index contributed by atoms with van der Waals surface area (Å²) in [7, 11) is 0. The van der Waals surface area contributed by atoms with E-state index >= 15 is 0 Å². The zero-order valence-corrected chi connectivity index (χ0v) is 32.7. The molecule has 0 aliphatic carbocycles. The minimum Gasteiger partial charge on any atom is -0.311 e. The van der Waals surface area contributed by atoms with Crippen molar-refractivity contribution in [2.24, 2.45) is 0 Å². The van der Waals surface area contributed by atoms with E-state index in [1.807, 2.05) is 0 Å². The van der Waals surface area contributed by atoms with Gasteiger partial charge in [-0.15, -0.1) is 0 Å². The number of anilines is 6. The molecule has 11 aromatic rings. The van der Waals surface area contributed by atoms with Crippen molar-refractivity contribution in [2.75, 3.05) is 9.80 Å². The van der Waals surface area contributed by atoms with Gasteiger partial charge in [0.2, 0.25) is 0 Å². The molecular formula is C56H36BN3. The quantitative estimate of drug-likeness (QED) is 0.166. The number of hydrogen-bond acceptors (Lipinski definition) is 2. The average molecular weight is 762 g/mol. The van der Waals surface area contributed by atoms with Crippen molar-refractivity contribution in [1.82, 2.24) is 4.57 Å². The van der Waals surface area contributed by atoms with Crippen LogP contribution in [0.15, 0.2) is 218 Å². The lowest BCUT2D eigenvalue weighted by Gasteiger charge is -2.44. The summed E-state index contributed by atoms with van der Waals surface area (Å²) in [6.07, 6.45) is 0. The molecule has 3 nitrogen and oxygen atoms in total. The molecule has 0 saturated carbocycles. The van der Waals surface area contributed by atoms with Crippen LogP contribution >= 0.6 is 0 Å². The Balaban J connectivity index is 1.16. The Bertz CT molecular complexity index is 3350. The lowest BCUT2D eigenvalue weighted by molar-refractivity contribution is 1.18. The monoisotopic (exact) mass is 761 g/mol. The van der Waals surface area contributed by atoms with Gasteiger partial charge in [-0.3, -0.25) is 0 Å². The molecule has 0 unspecified atom stereocenters. The molecule has 1 aromatic heterocycles. The molecule has 278 valence electrons. The van der Waals surface area contributed by atoms with Gasteiger partial charge in [-0.25, -0.2) is 0 Å². The molecule has 10 aromatic carbocycles. The normalized spacial score (nSPS) is 12.9. The van der Waals surface area contributed by atoms with Crippen LogP contribution in [0.5, 0.6) is 0 Å². The summed E-state index contributed by atoms with van der Waals surface area (Å²) in [5.41, 5.74) is 17.0. The highest BCUT2D eigenvalue weighted by molar-refractivity contribution is 7.00. The van der Waals surface area contributed by atoms with Gasteiger partial charge >= 0.3 is 0 Å². The largest absolute Gasteiger partial charge is 0.311 e. The molecular weight excluding hydrogens is 725 g/mol. The van der Waals surface area contributed by atoms with Crippen LogP contribution in [0.2, 0.25) is 0 Å². The van der Waals surface area contributed by atoms with Gasteiger partial charge in [-0.1, -0.05) is 146 Å². The Morgan fingerprint density at radius 2 is 0.750 bits per heavy atom. The van der Waals surface area contributed by atoms with Gasteiger partial charge in [0.15, 0.2) is 0 Å². The Labute approximate surface area is 348 Å². The molecule has 2 aliphatic rings. The first kappa shape index (κ1) is 33.2.